The minimum absolute atomic E-state index is 0.182. The predicted molar refractivity (Wildman–Crippen MR) is 150 cm³/mol. The van der Waals surface area contributed by atoms with Gasteiger partial charge >= 0.3 is 0 Å². The molecule has 1 atom stereocenters. The number of benzene rings is 3. The van der Waals surface area contributed by atoms with Crippen molar-refractivity contribution in [3.8, 4) is 22.9 Å². The highest BCUT2D eigenvalue weighted by Gasteiger charge is 2.24. The van der Waals surface area contributed by atoms with Crippen LogP contribution in [0.25, 0.3) is 11.3 Å². The Balaban J connectivity index is 1.40. The lowest BCUT2D eigenvalue weighted by atomic mass is 10.1. The first-order chi connectivity index (χ1) is 19.5. The second-order valence-corrected chi connectivity index (χ2v) is 9.58. The molecule has 0 radical (unpaired) electrons. The van der Waals surface area contributed by atoms with Crippen molar-refractivity contribution in [2.24, 2.45) is 7.05 Å². The first-order valence-electron chi connectivity index (χ1n) is 13.1. The number of hydrogen-bond donors (Lipinski definition) is 1. The number of ether oxygens (including phenoxy) is 2. The number of furan rings is 1. The van der Waals surface area contributed by atoms with Crippen LogP contribution < -0.4 is 4.74 Å². The van der Waals surface area contributed by atoms with E-state index >= 15 is 0 Å². The first kappa shape index (κ1) is 27.3. The number of aliphatic hydroxyl groups is 1. The van der Waals surface area contributed by atoms with Crippen LogP contribution in [-0.4, -0.2) is 39.0 Å². The van der Waals surface area contributed by atoms with E-state index in [4.69, 9.17) is 19.0 Å². The number of aryl methyl sites for hydroxylation is 1. The van der Waals surface area contributed by atoms with Gasteiger partial charge in [-0.25, -0.2) is 9.07 Å². The van der Waals surface area contributed by atoms with Gasteiger partial charge in [0.05, 0.1) is 37.7 Å². The van der Waals surface area contributed by atoms with Crippen LogP contribution in [-0.2, 0) is 31.5 Å². The molecule has 2 aromatic heterocycles. The van der Waals surface area contributed by atoms with Crippen molar-refractivity contribution in [3.63, 3.8) is 0 Å². The molecule has 5 aromatic rings. The van der Waals surface area contributed by atoms with Gasteiger partial charge in [-0.1, -0.05) is 60.7 Å². The van der Waals surface area contributed by atoms with Crippen molar-refractivity contribution < 1.29 is 23.4 Å². The molecule has 8 heteroatoms. The SMILES string of the molecule is Cn1nc(-c2ccccc2)c(CN(Cc2ccco2)C[C@@H](O)COCc2ccccc2)c1Oc1ccc(F)cc1. The van der Waals surface area contributed by atoms with Crippen LogP contribution in [0.1, 0.15) is 16.9 Å². The molecule has 206 valence electrons. The Labute approximate surface area is 233 Å². The standard InChI is InChI=1S/C32H32FN3O4/c1-35-32(40-28-16-14-26(33)15-17-28)30(31(34-35)25-11-6-3-7-12-25)21-36(20-29-13-8-18-39-29)19-27(37)23-38-22-24-9-4-2-5-10-24/h2-18,27,37H,19-23H2,1H3/t27-/m1/s1. The van der Waals surface area contributed by atoms with E-state index in [0.29, 0.717) is 37.9 Å². The van der Waals surface area contributed by atoms with Crippen LogP contribution in [0.15, 0.2) is 108 Å². The molecule has 0 fully saturated rings. The molecular weight excluding hydrogens is 509 g/mol. The number of nitrogens with zero attached hydrogens (tertiary/aromatic N) is 3. The Morgan fingerprint density at radius 2 is 1.65 bits per heavy atom. The third kappa shape index (κ3) is 7.24. The van der Waals surface area contributed by atoms with Gasteiger partial charge < -0.3 is 19.0 Å². The molecule has 0 aliphatic heterocycles. The van der Waals surface area contributed by atoms with Crippen molar-refractivity contribution in [2.45, 2.75) is 25.8 Å². The van der Waals surface area contributed by atoms with Crippen LogP contribution in [0.5, 0.6) is 11.6 Å². The quantitative estimate of drug-likeness (QED) is 0.192. The van der Waals surface area contributed by atoms with Crippen LogP contribution in [0.3, 0.4) is 0 Å². The number of aliphatic hydroxyl groups excluding tert-OH is 1. The summed E-state index contributed by atoms with van der Waals surface area (Å²) in [7, 11) is 1.82. The molecule has 1 N–H and O–H groups in total. The van der Waals surface area contributed by atoms with Gasteiger partial charge in [-0.05, 0) is 42.0 Å². The largest absolute Gasteiger partial charge is 0.468 e. The van der Waals surface area contributed by atoms with Crippen LogP contribution >= 0.6 is 0 Å². The lowest BCUT2D eigenvalue weighted by Crippen LogP contribution is -2.34. The summed E-state index contributed by atoms with van der Waals surface area (Å²) >= 11 is 0. The lowest BCUT2D eigenvalue weighted by molar-refractivity contribution is 0.00606. The average Bonchev–Trinajstić information content (AvgIpc) is 3.59. The Hall–Kier alpha value is -4.24. The summed E-state index contributed by atoms with van der Waals surface area (Å²) in [6.07, 6.45) is 0.895. The molecule has 5 rings (SSSR count). The fourth-order valence-corrected chi connectivity index (χ4v) is 4.53. The molecule has 2 heterocycles. The Bertz CT molecular complexity index is 1460. The maximum absolute atomic E-state index is 13.5. The van der Waals surface area contributed by atoms with Gasteiger partial charge in [0.2, 0.25) is 5.88 Å². The Morgan fingerprint density at radius 1 is 0.925 bits per heavy atom. The topological polar surface area (TPSA) is 72.9 Å². The molecule has 0 aliphatic carbocycles. The van der Waals surface area contributed by atoms with Gasteiger partial charge in [-0.3, -0.25) is 4.90 Å². The van der Waals surface area contributed by atoms with Gasteiger partial charge in [-0.15, -0.1) is 0 Å². The van der Waals surface area contributed by atoms with E-state index in [-0.39, 0.29) is 12.4 Å². The highest BCUT2D eigenvalue weighted by molar-refractivity contribution is 5.65. The highest BCUT2D eigenvalue weighted by Crippen LogP contribution is 2.34. The minimum atomic E-state index is -0.739. The summed E-state index contributed by atoms with van der Waals surface area (Å²) in [5.41, 5.74) is 3.58. The normalized spacial score (nSPS) is 12.1. The van der Waals surface area contributed by atoms with E-state index in [9.17, 15) is 9.50 Å². The second-order valence-electron chi connectivity index (χ2n) is 9.58. The zero-order chi connectivity index (χ0) is 27.7. The van der Waals surface area contributed by atoms with Gasteiger partial charge in [0.25, 0.3) is 0 Å². The summed E-state index contributed by atoms with van der Waals surface area (Å²) in [6, 6.07) is 29.4. The monoisotopic (exact) mass is 541 g/mol. The minimum Gasteiger partial charge on any atom is -0.468 e. The zero-order valence-electron chi connectivity index (χ0n) is 22.3. The molecule has 0 spiro atoms. The summed E-state index contributed by atoms with van der Waals surface area (Å²) in [4.78, 5) is 2.08. The fourth-order valence-electron chi connectivity index (χ4n) is 4.53. The maximum atomic E-state index is 13.5. The summed E-state index contributed by atoms with van der Waals surface area (Å²) in [5.74, 6) is 1.46. The predicted octanol–water partition coefficient (Wildman–Crippen LogP) is 6.19. The maximum Gasteiger partial charge on any atom is 0.222 e. The number of rotatable bonds is 13. The van der Waals surface area contributed by atoms with Crippen molar-refractivity contribution in [3.05, 3.63) is 126 Å². The van der Waals surface area contributed by atoms with E-state index < -0.39 is 6.10 Å². The second kappa shape index (κ2) is 13.2. The van der Waals surface area contributed by atoms with E-state index in [2.05, 4.69) is 4.90 Å². The van der Waals surface area contributed by atoms with Crippen molar-refractivity contribution in [1.29, 1.82) is 0 Å². The summed E-state index contributed by atoms with van der Waals surface area (Å²) in [6.45, 7) is 1.80. The molecule has 7 nitrogen and oxygen atoms in total. The molecule has 0 saturated heterocycles. The smallest absolute Gasteiger partial charge is 0.222 e. The first-order valence-corrected chi connectivity index (χ1v) is 13.1. The molecule has 0 aliphatic rings. The van der Waals surface area contributed by atoms with E-state index in [1.165, 1.54) is 12.1 Å². The van der Waals surface area contributed by atoms with E-state index in [1.807, 2.05) is 79.8 Å². The summed E-state index contributed by atoms with van der Waals surface area (Å²) < 4.78 is 32.9. The lowest BCUT2D eigenvalue weighted by Gasteiger charge is -2.25. The van der Waals surface area contributed by atoms with Gasteiger partial charge in [0.1, 0.15) is 23.0 Å². The van der Waals surface area contributed by atoms with Crippen molar-refractivity contribution >= 4 is 0 Å². The molecule has 0 unspecified atom stereocenters. The molecule has 0 amide bonds. The summed E-state index contributed by atoms with van der Waals surface area (Å²) in [5, 5.41) is 15.7. The van der Waals surface area contributed by atoms with Crippen molar-refractivity contribution in [2.75, 3.05) is 13.2 Å². The Morgan fingerprint density at radius 3 is 2.35 bits per heavy atom. The molecule has 40 heavy (non-hydrogen) atoms. The van der Waals surface area contributed by atoms with Gasteiger partial charge in [0, 0.05) is 25.7 Å². The number of aromatic nitrogens is 2. The third-order valence-electron chi connectivity index (χ3n) is 6.40. The molecule has 0 bridgehead atoms. The average molecular weight is 542 g/mol. The van der Waals surface area contributed by atoms with Crippen LogP contribution in [0, 0.1) is 5.82 Å². The van der Waals surface area contributed by atoms with E-state index in [1.54, 1.807) is 23.1 Å². The number of hydrogen-bond acceptors (Lipinski definition) is 6. The van der Waals surface area contributed by atoms with Crippen LogP contribution in [0.2, 0.25) is 0 Å². The van der Waals surface area contributed by atoms with Gasteiger partial charge in [0.15, 0.2) is 0 Å². The van der Waals surface area contributed by atoms with E-state index in [0.717, 1.165) is 28.1 Å². The zero-order valence-corrected chi connectivity index (χ0v) is 22.3. The highest BCUT2D eigenvalue weighted by atomic mass is 19.1. The van der Waals surface area contributed by atoms with Crippen molar-refractivity contribution in [1.82, 2.24) is 14.7 Å². The van der Waals surface area contributed by atoms with Gasteiger partial charge in [-0.2, -0.15) is 5.10 Å². The fraction of sp³-hybridized carbons (Fsp3) is 0.219. The van der Waals surface area contributed by atoms with Crippen LogP contribution in [0.4, 0.5) is 4.39 Å². The number of halogens is 1. The molecule has 0 saturated carbocycles. The molecular formula is C32H32FN3O4. The Kier molecular flexibility index (Phi) is 9.03. The third-order valence-corrected chi connectivity index (χ3v) is 6.40. The molecule has 3 aromatic carbocycles.